The molecule has 0 unspecified atom stereocenters. The zero-order valence-electron chi connectivity index (χ0n) is 12.2. The molecular weight excluding hydrogens is 410 g/mol. The quantitative estimate of drug-likeness (QED) is 0.686. The average Bonchev–Trinajstić information content (AvgIpc) is 2.48. The van der Waals surface area contributed by atoms with E-state index in [-0.39, 0.29) is 5.91 Å². The number of carbonyl (C=O) groups is 1. The number of hydrogen-bond donors (Lipinski definition) is 1. The first-order valence-corrected chi connectivity index (χ1v) is 8.17. The lowest BCUT2D eigenvalue weighted by Gasteiger charge is -2.07. The van der Waals surface area contributed by atoms with Gasteiger partial charge in [0, 0.05) is 20.6 Å². The lowest BCUT2D eigenvalue weighted by atomic mass is 10.1. The van der Waals surface area contributed by atoms with Gasteiger partial charge in [-0.15, -0.1) is 0 Å². The average molecular weight is 425 g/mol. The Hall–Kier alpha value is -1.59. The summed E-state index contributed by atoms with van der Waals surface area (Å²) in [5.41, 5.74) is 2.69. The SMILES string of the molecule is COc1ccc(C)cc1/C=C/C(=O)Nc1ccc(Br)cc1Br. The van der Waals surface area contributed by atoms with Crippen molar-refractivity contribution in [3.05, 3.63) is 62.5 Å². The summed E-state index contributed by atoms with van der Waals surface area (Å²) in [4.78, 5) is 12.0. The second kappa shape index (κ2) is 7.61. The molecule has 0 saturated heterocycles. The van der Waals surface area contributed by atoms with Crippen molar-refractivity contribution in [3.8, 4) is 5.75 Å². The van der Waals surface area contributed by atoms with Crippen LogP contribution < -0.4 is 10.1 Å². The Labute approximate surface area is 146 Å². The molecule has 1 N–H and O–H groups in total. The van der Waals surface area contributed by atoms with Crippen molar-refractivity contribution in [2.24, 2.45) is 0 Å². The van der Waals surface area contributed by atoms with Crippen molar-refractivity contribution in [2.75, 3.05) is 12.4 Å². The zero-order chi connectivity index (χ0) is 16.1. The van der Waals surface area contributed by atoms with Crippen LogP contribution in [0.1, 0.15) is 11.1 Å². The van der Waals surface area contributed by atoms with Crippen molar-refractivity contribution in [2.45, 2.75) is 6.92 Å². The summed E-state index contributed by atoms with van der Waals surface area (Å²) in [7, 11) is 1.61. The molecule has 0 aliphatic rings. The summed E-state index contributed by atoms with van der Waals surface area (Å²) < 4.78 is 7.05. The Morgan fingerprint density at radius 1 is 1.18 bits per heavy atom. The van der Waals surface area contributed by atoms with Gasteiger partial charge in [-0.3, -0.25) is 4.79 Å². The summed E-state index contributed by atoms with van der Waals surface area (Å²) in [6.45, 7) is 2.00. The highest BCUT2D eigenvalue weighted by Crippen LogP contribution is 2.26. The monoisotopic (exact) mass is 423 g/mol. The fourth-order valence-electron chi connectivity index (χ4n) is 1.91. The maximum absolute atomic E-state index is 12.0. The highest BCUT2D eigenvalue weighted by molar-refractivity contribution is 9.11. The molecule has 0 heterocycles. The van der Waals surface area contributed by atoms with E-state index in [2.05, 4.69) is 37.2 Å². The lowest BCUT2D eigenvalue weighted by molar-refractivity contribution is -0.111. The molecular formula is C17H15Br2NO2. The number of benzene rings is 2. The summed E-state index contributed by atoms with van der Waals surface area (Å²) in [6.07, 6.45) is 3.24. The third kappa shape index (κ3) is 4.45. The van der Waals surface area contributed by atoms with Gasteiger partial charge in [-0.05, 0) is 59.3 Å². The van der Waals surface area contributed by atoms with Crippen molar-refractivity contribution in [1.29, 1.82) is 0 Å². The zero-order valence-corrected chi connectivity index (χ0v) is 15.4. The molecule has 3 nitrogen and oxygen atoms in total. The molecule has 2 aromatic rings. The first-order valence-electron chi connectivity index (χ1n) is 6.58. The maximum atomic E-state index is 12.0. The van der Waals surface area contributed by atoms with Crippen LogP contribution in [0.15, 0.2) is 51.4 Å². The van der Waals surface area contributed by atoms with Gasteiger partial charge in [0.25, 0.3) is 0 Å². The van der Waals surface area contributed by atoms with E-state index in [1.807, 2.05) is 43.3 Å². The fourth-order valence-corrected chi connectivity index (χ4v) is 3.06. The van der Waals surface area contributed by atoms with Crippen LogP contribution in [0.3, 0.4) is 0 Å². The summed E-state index contributed by atoms with van der Waals surface area (Å²) in [5, 5.41) is 2.83. The molecule has 22 heavy (non-hydrogen) atoms. The van der Waals surface area contributed by atoms with E-state index in [9.17, 15) is 4.79 Å². The minimum atomic E-state index is -0.202. The molecule has 0 aliphatic heterocycles. The standard InChI is InChI=1S/C17H15Br2NO2/c1-11-3-7-16(22-2)12(9-11)4-8-17(21)20-15-6-5-13(18)10-14(15)19/h3-10H,1-2H3,(H,20,21)/b8-4+. The number of hydrogen-bond acceptors (Lipinski definition) is 2. The van der Waals surface area contributed by atoms with E-state index in [1.54, 1.807) is 13.2 Å². The molecule has 0 spiro atoms. The second-order valence-corrected chi connectivity index (χ2v) is 6.46. The van der Waals surface area contributed by atoms with Crippen LogP contribution in [0.2, 0.25) is 0 Å². The Kier molecular flexibility index (Phi) is 5.80. The molecule has 0 saturated carbocycles. The number of carbonyl (C=O) groups excluding carboxylic acids is 1. The lowest BCUT2D eigenvalue weighted by Crippen LogP contribution is -2.08. The number of anilines is 1. The molecule has 0 bridgehead atoms. The summed E-state index contributed by atoms with van der Waals surface area (Å²) in [5.74, 6) is 0.533. The van der Waals surface area contributed by atoms with Crippen molar-refractivity contribution in [1.82, 2.24) is 0 Å². The number of methoxy groups -OCH3 is 1. The predicted molar refractivity (Wildman–Crippen MR) is 97.2 cm³/mol. The minimum absolute atomic E-state index is 0.202. The highest BCUT2D eigenvalue weighted by Gasteiger charge is 2.04. The van der Waals surface area contributed by atoms with Gasteiger partial charge in [-0.2, -0.15) is 0 Å². The molecule has 0 fully saturated rings. The highest BCUT2D eigenvalue weighted by atomic mass is 79.9. The molecule has 114 valence electrons. The fraction of sp³-hybridized carbons (Fsp3) is 0.118. The van der Waals surface area contributed by atoms with Crippen molar-refractivity contribution >= 4 is 49.5 Å². The number of ether oxygens (including phenoxy) is 1. The summed E-state index contributed by atoms with van der Waals surface area (Å²) in [6, 6.07) is 11.4. The first kappa shape index (κ1) is 16.8. The van der Waals surface area contributed by atoms with Crippen LogP contribution in [0.5, 0.6) is 5.75 Å². The Morgan fingerprint density at radius 3 is 2.64 bits per heavy atom. The van der Waals surface area contributed by atoms with Crippen LogP contribution in [0.25, 0.3) is 6.08 Å². The van der Waals surface area contributed by atoms with Gasteiger partial charge in [-0.1, -0.05) is 27.6 Å². The van der Waals surface area contributed by atoms with Crippen LogP contribution in [-0.4, -0.2) is 13.0 Å². The largest absolute Gasteiger partial charge is 0.496 e. The van der Waals surface area contributed by atoms with Crippen molar-refractivity contribution < 1.29 is 9.53 Å². The summed E-state index contributed by atoms with van der Waals surface area (Å²) >= 11 is 6.79. The molecule has 2 aromatic carbocycles. The third-order valence-electron chi connectivity index (χ3n) is 2.99. The third-order valence-corrected chi connectivity index (χ3v) is 4.14. The Morgan fingerprint density at radius 2 is 1.95 bits per heavy atom. The number of nitrogens with one attached hydrogen (secondary N) is 1. The molecule has 0 atom stereocenters. The number of rotatable bonds is 4. The van der Waals surface area contributed by atoms with Gasteiger partial charge >= 0.3 is 0 Å². The van der Waals surface area contributed by atoms with Crippen LogP contribution in [0, 0.1) is 6.92 Å². The van der Waals surface area contributed by atoms with Crippen molar-refractivity contribution in [3.63, 3.8) is 0 Å². The van der Waals surface area contributed by atoms with Crippen LogP contribution in [-0.2, 0) is 4.79 Å². The molecule has 2 rings (SSSR count). The van der Waals surface area contributed by atoms with Gasteiger partial charge in [0.15, 0.2) is 0 Å². The normalized spacial score (nSPS) is 10.7. The van der Waals surface area contributed by atoms with Gasteiger partial charge < -0.3 is 10.1 Å². The maximum Gasteiger partial charge on any atom is 0.248 e. The Balaban J connectivity index is 2.13. The van der Waals surface area contributed by atoms with E-state index in [0.717, 1.165) is 25.8 Å². The van der Waals surface area contributed by atoms with Gasteiger partial charge in [-0.25, -0.2) is 0 Å². The molecule has 0 aliphatic carbocycles. The topological polar surface area (TPSA) is 38.3 Å². The van der Waals surface area contributed by atoms with Gasteiger partial charge in [0.1, 0.15) is 5.75 Å². The number of aryl methyl sites for hydroxylation is 1. The molecule has 0 aromatic heterocycles. The minimum Gasteiger partial charge on any atom is -0.496 e. The second-order valence-electron chi connectivity index (χ2n) is 4.69. The van der Waals surface area contributed by atoms with E-state index < -0.39 is 0 Å². The first-order chi connectivity index (χ1) is 10.5. The molecule has 0 radical (unpaired) electrons. The van der Waals surface area contributed by atoms with E-state index >= 15 is 0 Å². The van der Waals surface area contributed by atoms with E-state index in [0.29, 0.717) is 5.69 Å². The Bertz CT molecular complexity index is 727. The number of halogens is 2. The molecule has 1 amide bonds. The van der Waals surface area contributed by atoms with E-state index in [4.69, 9.17) is 4.74 Å². The van der Waals surface area contributed by atoms with Gasteiger partial charge in [0.05, 0.1) is 12.8 Å². The van der Waals surface area contributed by atoms with Crippen LogP contribution in [0.4, 0.5) is 5.69 Å². The molecule has 5 heteroatoms. The van der Waals surface area contributed by atoms with Crippen LogP contribution >= 0.6 is 31.9 Å². The smallest absolute Gasteiger partial charge is 0.248 e. The van der Waals surface area contributed by atoms with Gasteiger partial charge in [0.2, 0.25) is 5.91 Å². The predicted octanol–water partition coefficient (Wildman–Crippen LogP) is 5.18. The number of amides is 1. The van der Waals surface area contributed by atoms with E-state index in [1.165, 1.54) is 6.08 Å².